The zero-order valence-corrected chi connectivity index (χ0v) is 10.5. The van der Waals surface area contributed by atoms with Gasteiger partial charge in [-0.25, -0.2) is 9.97 Å². The summed E-state index contributed by atoms with van der Waals surface area (Å²) in [5.74, 6) is 0. The minimum atomic E-state index is 0.513. The Bertz CT molecular complexity index is 274. The lowest BCUT2D eigenvalue weighted by atomic mass is 10.4. The molecule has 0 aromatic carbocycles. The van der Waals surface area contributed by atoms with Crippen LogP contribution in [-0.4, -0.2) is 28.3 Å². The van der Waals surface area contributed by atoms with Crippen LogP contribution < -0.4 is 5.32 Å². The Morgan fingerprint density at radius 2 is 2.07 bits per heavy atom. The second-order valence-corrected chi connectivity index (χ2v) is 5.08. The molecule has 15 heavy (non-hydrogen) atoms. The standard InChI is InChI=1S/C11H19N3S/c1-4-5-12-8-10(3)15-11-13-6-9(2)7-14-11/h6-7,10,12H,4-5,8H2,1-3H3. The van der Waals surface area contributed by atoms with Crippen molar-refractivity contribution in [2.24, 2.45) is 0 Å². The van der Waals surface area contributed by atoms with Crippen LogP contribution in [-0.2, 0) is 0 Å². The highest BCUT2D eigenvalue weighted by molar-refractivity contribution is 7.99. The molecule has 0 aliphatic rings. The Morgan fingerprint density at radius 3 is 2.67 bits per heavy atom. The number of aryl methyl sites for hydroxylation is 1. The minimum Gasteiger partial charge on any atom is -0.316 e. The van der Waals surface area contributed by atoms with Crippen molar-refractivity contribution >= 4 is 11.8 Å². The topological polar surface area (TPSA) is 37.8 Å². The summed E-state index contributed by atoms with van der Waals surface area (Å²) < 4.78 is 0. The first kappa shape index (κ1) is 12.5. The van der Waals surface area contributed by atoms with Crippen molar-refractivity contribution in [1.82, 2.24) is 15.3 Å². The van der Waals surface area contributed by atoms with Gasteiger partial charge in [-0.3, -0.25) is 0 Å². The number of hydrogen-bond acceptors (Lipinski definition) is 4. The third-order valence-corrected chi connectivity index (χ3v) is 2.91. The molecule has 1 heterocycles. The van der Waals surface area contributed by atoms with Crippen molar-refractivity contribution < 1.29 is 0 Å². The molecule has 0 radical (unpaired) electrons. The Balaban J connectivity index is 2.31. The zero-order chi connectivity index (χ0) is 11.1. The lowest BCUT2D eigenvalue weighted by molar-refractivity contribution is 0.668. The largest absolute Gasteiger partial charge is 0.316 e. The molecule has 1 atom stereocenters. The maximum absolute atomic E-state index is 4.27. The molecule has 1 unspecified atom stereocenters. The van der Waals surface area contributed by atoms with E-state index in [9.17, 15) is 0 Å². The van der Waals surface area contributed by atoms with E-state index in [1.54, 1.807) is 11.8 Å². The second-order valence-electron chi connectivity index (χ2n) is 3.68. The first-order valence-electron chi connectivity index (χ1n) is 5.38. The average molecular weight is 225 g/mol. The lowest BCUT2D eigenvalue weighted by Gasteiger charge is -2.10. The fraction of sp³-hybridized carbons (Fsp3) is 0.636. The molecule has 0 aliphatic heterocycles. The van der Waals surface area contributed by atoms with Gasteiger partial charge in [-0.1, -0.05) is 25.6 Å². The van der Waals surface area contributed by atoms with Crippen LogP contribution in [0.5, 0.6) is 0 Å². The highest BCUT2D eigenvalue weighted by atomic mass is 32.2. The van der Waals surface area contributed by atoms with E-state index < -0.39 is 0 Å². The summed E-state index contributed by atoms with van der Waals surface area (Å²) in [5.41, 5.74) is 1.11. The van der Waals surface area contributed by atoms with Crippen molar-refractivity contribution in [2.45, 2.75) is 37.6 Å². The van der Waals surface area contributed by atoms with Crippen LogP contribution in [0.15, 0.2) is 17.6 Å². The Labute approximate surface area is 96.1 Å². The van der Waals surface area contributed by atoms with Gasteiger partial charge in [0.1, 0.15) is 0 Å². The fourth-order valence-corrected chi connectivity index (χ4v) is 1.93. The van der Waals surface area contributed by atoms with Gasteiger partial charge < -0.3 is 5.32 Å². The van der Waals surface area contributed by atoms with Crippen LogP contribution in [0, 0.1) is 6.92 Å². The summed E-state index contributed by atoms with van der Waals surface area (Å²) in [7, 11) is 0. The molecule has 0 amide bonds. The van der Waals surface area contributed by atoms with Gasteiger partial charge in [0.05, 0.1) is 0 Å². The highest BCUT2D eigenvalue weighted by Crippen LogP contribution is 2.17. The van der Waals surface area contributed by atoms with Crippen molar-refractivity contribution in [1.29, 1.82) is 0 Å². The maximum Gasteiger partial charge on any atom is 0.187 e. The summed E-state index contributed by atoms with van der Waals surface area (Å²) >= 11 is 1.72. The predicted molar refractivity (Wildman–Crippen MR) is 65.2 cm³/mol. The van der Waals surface area contributed by atoms with Crippen molar-refractivity contribution in [3.8, 4) is 0 Å². The van der Waals surface area contributed by atoms with Crippen molar-refractivity contribution in [3.05, 3.63) is 18.0 Å². The highest BCUT2D eigenvalue weighted by Gasteiger charge is 2.05. The molecule has 0 aliphatic carbocycles. The van der Waals surface area contributed by atoms with Crippen LogP contribution in [0.25, 0.3) is 0 Å². The maximum atomic E-state index is 4.27. The van der Waals surface area contributed by atoms with Gasteiger partial charge in [0.2, 0.25) is 0 Å². The summed E-state index contributed by atoms with van der Waals surface area (Å²) in [5, 5.41) is 4.77. The second kappa shape index (κ2) is 6.80. The third kappa shape index (κ3) is 5.14. The van der Waals surface area contributed by atoms with Gasteiger partial charge in [0.25, 0.3) is 0 Å². The molecule has 4 heteroatoms. The average Bonchev–Trinajstić information content (AvgIpc) is 2.22. The summed E-state index contributed by atoms with van der Waals surface area (Å²) in [6.45, 7) is 8.46. The molecule has 1 aromatic rings. The van der Waals surface area contributed by atoms with Crippen LogP contribution in [0.3, 0.4) is 0 Å². The van der Waals surface area contributed by atoms with Crippen LogP contribution in [0.2, 0.25) is 0 Å². The smallest absolute Gasteiger partial charge is 0.187 e. The molecule has 0 saturated heterocycles. The molecule has 0 bridgehead atoms. The third-order valence-electron chi connectivity index (χ3n) is 1.92. The molecule has 0 saturated carbocycles. The van der Waals surface area contributed by atoms with E-state index in [1.165, 1.54) is 6.42 Å². The first-order valence-corrected chi connectivity index (χ1v) is 6.26. The molecule has 0 fully saturated rings. The normalized spacial score (nSPS) is 12.7. The quantitative estimate of drug-likeness (QED) is 0.458. The lowest BCUT2D eigenvalue weighted by Crippen LogP contribution is -2.23. The van der Waals surface area contributed by atoms with E-state index >= 15 is 0 Å². The van der Waals surface area contributed by atoms with Crippen LogP contribution in [0.1, 0.15) is 25.8 Å². The van der Waals surface area contributed by atoms with Gasteiger partial charge in [-0.15, -0.1) is 0 Å². The number of nitrogens with one attached hydrogen (secondary N) is 1. The van der Waals surface area contributed by atoms with Crippen LogP contribution >= 0.6 is 11.8 Å². The van der Waals surface area contributed by atoms with Gasteiger partial charge >= 0.3 is 0 Å². The van der Waals surface area contributed by atoms with E-state index in [4.69, 9.17) is 0 Å². The molecule has 1 N–H and O–H groups in total. The summed E-state index contributed by atoms with van der Waals surface area (Å²) in [4.78, 5) is 8.54. The Kier molecular flexibility index (Phi) is 5.65. The molecule has 0 spiro atoms. The van der Waals surface area contributed by atoms with Gasteiger partial charge in [-0.2, -0.15) is 0 Å². The molecule has 3 nitrogen and oxygen atoms in total. The van der Waals surface area contributed by atoms with E-state index in [1.807, 2.05) is 19.3 Å². The van der Waals surface area contributed by atoms with E-state index in [0.717, 1.165) is 23.8 Å². The molecular formula is C11H19N3S. The van der Waals surface area contributed by atoms with E-state index in [-0.39, 0.29) is 0 Å². The fourth-order valence-electron chi connectivity index (χ4n) is 1.15. The Hall–Kier alpha value is -0.610. The molecule has 1 aromatic heterocycles. The van der Waals surface area contributed by atoms with Gasteiger partial charge in [-0.05, 0) is 25.5 Å². The Morgan fingerprint density at radius 1 is 1.40 bits per heavy atom. The van der Waals surface area contributed by atoms with Crippen LogP contribution in [0.4, 0.5) is 0 Å². The van der Waals surface area contributed by atoms with Crippen molar-refractivity contribution in [2.75, 3.05) is 13.1 Å². The number of rotatable bonds is 6. The molecule has 84 valence electrons. The monoisotopic (exact) mass is 225 g/mol. The number of hydrogen-bond donors (Lipinski definition) is 1. The van der Waals surface area contributed by atoms with Crippen molar-refractivity contribution in [3.63, 3.8) is 0 Å². The molecular weight excluding hydrogens is 206 g/mol. The molecule has 1 rings (SSSR count). The predicted octanol–water partition coefficient (Wildman–Crippen LogP) is 2.27. The summed E-state index contributed by atoms with van der Waals surface area (Å²) in [6.07, 6.45) is 4.90. The number of nitrogens with zero attached hydrogens (tertiary/aromatic N) is 2. The minimum absolute atomic E-state index is 0.513. The number of aromatic nitrogens is 2. The van der Waals surface area contributed by atoms with E-state index in [2.05, 4.69) is 29.1 Å². The SMILES string of the molecule is CCCNCC(C)Sc1ncc(C)cn1. The van der Waals surface area contributed by atoms with E-state index in [0.29, 0.717) is 5.25 Å². The van der Waals surface area contributed by atoms with Gasteiger partial charge in [0, 0.05) is 24.2 Å². The van der Waals surface area contributed by atoms with Gasteiger partial charge in [0.15, 0.2) is 5.16 Å². The first-order chi connectivity index (χ1) is 7.22. The summed E-state index contributed by atoms with van der Waals surface area (Å²) in [6, 6.07) is 0. The number of thioether (sulfide) groups is 1. The zero-order valence-electron chi connectivity index (χ0n) is 9.66.